The van der Waals surface area contributed by atoms with Gasteiger partial charge in [-0.1, -0.05) is 146 Å². The molecule has 330 valence electrons. The smallest absolute Gasteiger partial charge is 0.472 e. The first-order valence-corrected chi connectivity index (χ1v) is 23.7. The lowest BCUT2D eigenvalue weighted by Crippen LogP contribution is -2.43. The van der Waals surface area contributed by atoms with E-state index in [2.05, 4.69) is 67.8 Å². The van der Waals surface area contributed by atoms with Gasteiger partial charge >= 0.3 is 19.8 Å². The largest absolute Gasteiger partial charge is 0.480 e. The summed E-state index contributed by atoms with van der Waals surface area (Å²) in [7, 11) is -4.76. The Morgan fingerprint density at radius 1 is 0.561 bits per heavy atom. The predicted molar refractivity (Wildman–Crippen MR) is 231 cm³/mol. The number of phosphoric ester groups is 1. The molecule has 0 bridgehead atoms. The van der Waals surface area contributed by atoms with Crippen molar-refractivity contribution in [1.29, 1.82) is 0 Å². The highest BCUT2D eigenvalue weighted by Gasteiger charge is 2.28. The number of unbranched alkanes of at least 4 members (excludes halogenated alkanes) is 19. The highest BCUT2D eigenvalue weighted by Crippen LogP contribution is 2.43. The molecule has 0 aliphatic heterocycles. The number of carboxylic acid groups (broad SMARTS) is 1. The number of phosphoric acid groups is 1. The van der Waals surface area contributed by atoms with Gasteiger partial charge in [0.05, 0.1) is 13.2 Å². The molecule has 11 nitrogen and oxygen atoms in total. The quantitative estimate of drug-likeness (QED) is 0.0201. The van der Waals surface area contributed by atoms with Gasteiger partial charge in [-0.15, -0.1) is 0 Å². The van der Waals surface area contributed by atoms with Gasteiger partial charge in [-0.2, -0.15) is 0 Å². The second-order valence-electron chi connectivity index (χ2n) is 14.9. The van der Waals surface area contributed by atoms with Crippen LogP contribution in [0.15, 0.2) is 48.6 Å². The Hall–Kier alpha value is -2.56. The Morgan fingerprint density at radius 2 is 0.965 bits per heavy atom. The Bertz CT molecular complexity index is 1150. The Labute approximate surface area is 345 Å². The third kappa shape index (κ3) is 40.0. The average Bonchev–Trinajstić information content (AvgIpc) is 3.18. The highest BCUT2D eigenvalue weighted by molar-refractivity contribution is 7.47. The first-order valence-electron chi connectivity index (χ1n) is 22.2. The summed E-state index contributed by atoms with van der Waals surface area (Å²) >= 11 is 0. The SMILES string of the molecule is CCCCC/C=C\C/C=C\C/C=C\CCCCCCCCC(=O)NC(COP(=O)(O)OCC(O)COC(=O)CCCCCCC/C=C\CCCCCCC)C(=O)O. The summed E-state index contributed by atoms with van der Waals surface area (Å²) < 4.78 is 26.8. The lowest BCUT2D eigenvalue weighted by Gasteiger charge is -2.18. The van der Waals surface area contributed by atoms with Crippen LogP contribution in [0, 0.1) is 0 Å². The molecule has 0 saturated carbocycles. The zero-order chi connectivity index (χ0) is 42.1. The number of ether oxygens (including phenoxy) is 1. The molecule has 0 rings (SSSR count). The van der Waals surface area contributed by atoms with E-state index in [0.717, 1.165) is 89.9 Å². The number of hydrogen-bond acceptors (Lipinski definition) is 8. The summed E-state index contributed by atoms with van der Waals surface area (Å²) in [5, 5.41) is 21.8. The molecule has 0 aromatic rings. The van der Waals surface area contributed by atoms with Crippen molar-refractivity contribution in [2.75, 3.05) is 19.8 Å². The van der Waals surface area contributed by atoms with Crippen LogP contribution < -0.4 is 5.32 Å². The fourth-order valence-electron chi connectivity index (χ4n) is 5.84. The van der Waals surface area contributed by atoms with Crippen molar-refractivity contribution in [3.63, 3.8) is 0 Å². The molecule has 0 spiro atoms. The maximum absolute atomic E-state index is 12.3. The molecule has 0 aromatic heterocycles. The summed E-state index contributed by atoms with van der Waals surface area (Å²) in [6.07, 6.45) is 44.1. The van der Waals surface area contributed by atoms with E-state index >= 15 is 0 Å². The van der Waals surface area contributed by atoms with Crippen molar-refractivity contribution in [3.05, 3.63) is 48.6 Å². The molecule has 3 unspecified atom stereocenters. The van der Waals surface area contributed by atoms with Gasteiger partial charge in [0.25, 0.3) is 0 Å². The van der Waals surface area contributed by atoms with E-state index in [-0.39, 0.29) is 12.8 Å². The van der Waals surface area contributed by atoms with Crippen LogP contribution in [0.5, 0.6) is 0 Å². The summed E-state index contributed by atoms with van der Waals surface area (Å²) in [4.78, 5) is 45.9. The van der Waals surface area contributed by atoms with Crippen molar-refractivity contribution in [2.24, 2.45) is 0 Å². The van der Waals surface area contributed by atoms with Crippen LogP contribution in [0.25, 0.3) is 0 Å². The van der Waals surface area contributed by atoms with Crippen molar-refractivity contribution < 1.29 is 47.8 Å². The van der Waals surface area contributed by atoms with Crippen LogP contribution >= 0.6 is 7.82 Å². The highest BCUT2D eigenvalue weighted by atomic mass is 31.2. The lowest BCUT2D eigenvalue weighted by molar-refractivity contribution is -0.147. The number of amides is 1. The van der Waals surface area contributed by atoms with Crippen molar-refractivity contribution in [3.8, 4) is 0 Å². The van der Waals surface area contributed by atoms with Crippen LogP contribution in [0.3, 0.4) is 0 Å². The minimum absolute atomic E-state index is 0.129. The second kappa shape index (κ2) is 40.2. The van der Waals surface area contributed by atoms with E-state index in [0.29, 0.717) is 12.8 Å². The summed E-state index contributed by atoms with van der Waals surface area (Å²) in [5.41, 5.74) is 0. The molecular formula is C45H80NO10P. The number of rotatable bonds is 41. The third-order valence-corrected chi connectivity index (χ3v) is 10.3. The zero-order valence-electron chi connectivity index (χ0n) is 35.6. The normalized spacial score (nSPS) is 14.2. The Kier molecular flexibility index (Phi) is 38.4. The fourth-order valence-corrected chi connectivity index (χ4v) is 6.62. The fraction of sp³-hybridized carbons (Fsp3) is 0.756. The molecule has 57 heavy (non-hydrogen) atoms. The van der Waals surface area contributed by atoms with Crippen LogP contribution in [0.2, 0.25) is 0 Å². The standard InChI is InChI=1S/C45H80NO10P/c1-3-5-7-9-11-13-15-17-19-20-21-22-23-24-26-28-30-32-34-36-43(48)46-42(45(50)51)40-56-57(52,53)55-39-41(47)38-54-44(49)37-35-33-31-29-27-25-18-16-14-12-10-8-6-4-2/h11,13,16-19,21-22,41-42,47H,3-10,12,14-15,20,23-40H2,1-2H3,(H,46,48)(H,50,51)(H,52,53)/b13-11-,18-16-,19-17-,22-21-. The molecule has 4 N–H and O–H groups in total. The second-order valence-corrected chi connectivity index (χ2v) is 16.3. The number of esters is 1. The van der Waals surface area contributed by atoms with E-state index < -0.39 is 57.6 Å². The van der Waals surface area contributed by atoms with Gasteiger partial charge in [0.1, 0.15) is 12.7 Å². The van der Waals surface area contributed by atoms with Gasteiger partial charge in [-0.05, 0) is 77.0 Å². The number of aliphatic hydroxyl groups excluding tert-OH is 1. The molecule has 0 aliphatic rings. The monoisotopic (exact) mass is 826 g/mol. The van der Waals surface area contributed by atoms with Crippen LogP contribution in [0.1, 0.15) is 187 Å². The van der Waals surface area contributed by atoms with E-state index in [4.69, 9.17) is 13.8 Å². The summed E-state index contributed by atoms with van der Waals surface area (Å²) in [6.45, 7) is 2.53. The van der Waals surface area contributed by atoms with Gasteiger partial charge in [0.2, 0.25) is 5.91 Å². The van der Waals surface area contributed by atoms with E-state index in [9.17, 15) is 34.1 Å². The van der Waals surface area contributed by atoms with Crippen molar-refractivity contribution in [1.82, 2.24) is 5.32 Å². The Balaban J connectivity index is 3.95. The number of aliphatic carboxylic acids is 1. The topological polar surface area (TPSA) is 169 Å². The Morgan fingerprint density at radius 3 is 1.49 bits per heavy atom. The van der Waals surface area contributed by atoms with Crippen LogP contribution in [-0.4, -0.2) is 64.9 Å². The molecule has 0 radical (unpaired) electrons. The third-order valence-electron chi connectivity index (χ3n) is 9.34. The first-order chi connectivity index (χ1) is 27.6. The molecule has 0 fully saturated rings. The number of aliphatic hydroxyl groups is 1. The molecular weight excluding hydrogens is 745 g/mol. The average molecular weight is 826 g/mol. The first kappa shape index (κ1) is 54.4. The molecule has 1 amide bonds. The number of carbonyl (C=O) groups is 3. The molecule has 0 aromatic carbocycles. The minimum atomic E-state index is -4.76. The lowest BCUT2D eigenvalue weighted by atomic mass is 10.1. The number of allylic oxidation sites excluding steroid dienone is 8. The maximum Gasteiger partial charge on any atom is 0.472 e. The van der Waals surface area contributed by atoms with E-state index in [1.54, 1.807) is 0 Å². The molecule has 3 atom stereocenters. The number of hydrogen-bond donors (Lipinski definition) is 4. The number of carbonyl (C=O) groups excluding carboxylic acids is 2. The van der Waals surface area contributed by atoms with Gasteiger partial charge in [-0.25, -0.2) is 9.36 Å². The molecule has 0 heterocycles. The van der Waals surface area contributed by atoms with Gasteiger partial charge in [0, 0.05) is 12.8 Å². The van der Waals surface area contributed by atoms with Gasteiger partial charge in [0.15, 0.2) is 6.04 Å². The minimum Gasteiger partial charge on any atom is -0.480 e. The van der Waals surface area contributed by atoms with Gasteiger partial charge in [-0.3, -0.25) is 18.6 Å². The van der Waals surface area contributed by atoms with Crippen LogP contribution in [0.4, 0.5) is 0 Å². The molecule has 0 saturated heterocycles. The predicted octanol–water partition coefficient (Wildman–Crippen LogP) is 11.4. The number of carboxylic acids is 1. The molecule has 12 heteroatoms. The van der Waals surface area contributed by atoms with Crippen molar-refractivity contribution >= 4 is 25.7 Å². The summed E-state index contributed by atoms with van der Waals surface area (Å²) in [6, 6.07) is -1.56. The van der Waals surface area contributed by atoms with Gasteiger partial charge < -0.3 is 25.2 Å². The maximum atomic E-state index is 12.3. The molecule has 0 aliphatic carbocycles. The van der Waals surface area contributed by atoms with E-state index in [1.807, 2.05) is 0 Å². The van der Waals surface area contributed by atoms with Crippen LogP contribution in [-0.2, 0) is 32.7 Å². The van der Waals surface area contributed by atoms with E-state index in [1.165, 1.54) is 57.8 Å². The summed E-state index contributed by atoms with van der Waals surface area (Å²) in [5.74, 6) is -2.40. The van der Waals surface area contributed by atoms with Crippen molar-refractivity contribution in [2.45, 2.75) is 199 Å². The zero-order valence-corrected chi connectivity index (χ0v) is 36.5. The number of nitrogens with one attached hydrogen (secondary N) is 1.